The highest BCUT2D eigenvalue weighted by molar-refractivity contribution is 7.99. The summed E-state index contributed by atoms with van der Waals surface area (Å²) >= 11 is 1.46. The third kappa shape index (κ3) is 6.36. The van der Waals surface area contributed by atoms with Crippen molar-refractivity contribution in [1.29, 1.82) is 0 Å². The first-order valence-corrected chi connectivity index (χ1v) is 14.9. The van der Waals surface area contributed by atoms with Gasteiger partial charge < -0.3 is 18.9 Å². The van der Waals surface area contributed by atoms with Crippen molar-refractivity contribution >= 4 is 34.8 Å². The first-order chi connectivity index (χ1) is 20.0. The molecule has 5 rings (SSSR count). The predicted molar refractivity (Wildman–Crippen MR) is 152 cm³/mol. The van der Waals surface area contributed by atoms with Crippen LogP contribution >= 0.6 is 11.8 Å². The molecule has 1 aliphatic heterocycles. The summed E-state index contributed by atoms with van der Waals surface area (Å²) in [5, 5.41) is 9.31. The Morgan fingerprint density at radius 3 is 2.62 bits per heavy atom. The smallest absolute Gasteiger partial charge is 0.416 e. The molecule has 14 heteroatoms. The first-order valence-electron chi connectivity index (χ1n) is 13.9. The van der Waals surface area contributed by atoms with Gasteiger partial charge >= 0.3 is 6.09 Å². The van der Waals surface area contributed by atoms with Gasteiger partial charge in [-0.05, 0) is 51.3 Å². The van der Waals surface area contributed by atoms with Crippen molar-refractivity contribution in [2.24, 2.45) is 0 Å². The maximum atomic E-state index is 14.1. The van der Waals surface area contributed by atoms with Gasteiger partial charge in [-0.15, -0.1) is 5.10 Å². The molecular formula is C28H36F2N6O5S. The third-order valence-electron chi connectivity index (χ3n) is 7.12. The number of hydrogen-bond acceptors (Lipinski definition) is 10. The Morgan fingerprint density at radius 1 is 1.19 bits per heavy atom. The van der Waals surface area contributed by atoms with Crippen LogP contribution in [-0.4, -0.2) is 81.7 Å². The number of thioether (sulfide) groups is 1. The highest BCUT2D eigenvalue weighted by Crippen LogP contribution is 2.48. The zero-order chi connectivity index (χ0) is 30.2. The van der Waals surface area contributed by atoms with E-state index in [1.54, 1.807) is 39.7 Å². The number of fused-ring (bicyclic) bond motifs is 1. The van der Waals surface area contributed by atoms with Gasteiger partial charge in [-0.2, -0.15) is 0 Å². The van der Waals surface area contributed by atoms with Crippen LogP contribution in [0.4, 0.5) is 19.4 Å². The maximum Gasteiger partial charge on any atom is 0.416 e. The monoisotopic (exact) mass is 606 g/mol. The largest absolute Gasteiger partial charge is 0.443 e. The number of benzene rings is 1. The predicted octanol–water partition coefficient (Wildman–Crippen LogP) is 5.25. The van der Waals surface area contributed by atoms with E-state index < -0.39 is 35.7 Å². The van der Waals surface area contributed by atoms with Gasteiger partial charge in [0.15, 0.2) is 40.1 Å². The molecule has 3 aromatic rings. The summed E-state index contributed by atoms with van der Waals surface area (Å²) in [6.07, 6.45) is 0.499. The quantitative estimate of drug-likeness (QED) is 0.172. The van der Waals surface area contributed by atoms with Gasteiger partial charge in [0.2, 0.25) is 0 Å². The molecule has 1 saturated heterocycles. The summed E-state index contributed by atoms with van der Waals surface area (Å²) in [6.45, 7) is 7.74. The van der Waals surface area contributed by atoms with E-state index in [4.69, 9.17) is 28.9 Å². The van der Waals surface area contributed by atoms with Crippen LogP contribution in [0.2, 0.25) is 0 Å². The van der Waals surface area contributed by atoms with E-state index in [1.807, 2.05) is 0 Å². The Hall–Kier alpha value is -2.94. The lowest BCUT2D eigenvalue weighted by atomic mass is 10.1. The molecule has 4 atom stereocenters. The number of carbonyl (C=O) groups excluding carboxylic acids is 1. The fourth-order valence-corrected chi connectivity index (χ4v) is 5.81. The van der Waals surface area contributed by atoms with Crippen LogP contribution in [0.1, 0.15) is 64.5 Å². The van der Waals surface area contributed by atoms with Crippen LogP contribution in [0.5, 0.6) is 0 Å². The Kier molecular flexibility index (Phi) is 8.97. The van der Waals surface area contributed by atoms with E-state index in [0.717, 1.165) is 18.2 Å². The van der Waals surface area contributed by atoms with Gasteiger partial charge in [-0.25, -0.2) is 28.2 Å². The van der Waals surface area contributed by atoms with E-state index in [9.17, 15) is 13.6 Å². The van der Waals surface area contributed by atoms with Crippen molar-refractivity contribution in [2.75, 3.05) is 31.5 Å². The summed E-state index contributed by atoms with van der Waals surface area (Å²) < 4.78 is 52.0. The van der Waals surface area contributed by atoms with E-state index in [1.165, 1.54) is 28.8 Å². The van der Waals surface area contributed by atoms with Crippen molar-refractivity contribution in [2.45, 2.75) is 88.1 Å². The molecule has 2 fully saturated rings. The Labute approximate surface area is 247 Å². The van der Waals surface area contributed by atoms with Crippen molar-refractivity contribution in [3.05, 3.63) is 35.4 Å². The minimum atomic E-state index is -0.936. The molecule has 0 spiro atoms. The molecule has 1 saturated carbocycles. The number of ether oxygens (including phenoxy) is 4. The zero-order valence-electron chi connectivity index (χ0n) is 24.5. The average Bonchev–Trinajstić information content (AvgIpc) is 3.34. The van der Waals surface area contributed by atoms with E-state index in [-0.39, 0.29) is 23.9 Å². The number of methoxy groups -OCH3 is 2. The second-order valence-corrected chi connectivity index (χ2v) is 12.5. The lowest BCUT2D eigenvalue weighted by Gasteiger charge is -2.27. The average molecular weight is 607 g/mol. The summed E-state index contributed by atoms with van der Waals surface area (Å²) in [5.41, 5.74) is 0.580. The van der Waals surface area contributed by atoms with Gasteiger partial charge in [-0.1, -0.05) is 30.0 Å². The highest BCUT2D eigenvalue weighted by atomic mass is 32.2. The SMILES string of the molecule is CCCSc1nc(N(C(=O)OC(C)(C)C)[C@@H]2C[C@H]2c2ccc(F)c(F)c2)c2nnn([C@H]3CO[C@@H](C(OC)OC)C3)c2n1. The van der Waals surface area contributed by atoms with Gasteiger partial charge in [0, 0.05) is 38.4 Å². The molecule has 1 aliphatic carbocycles. The summed E-state index contributed by atoms with van der Waals surface area (Å²) in [6, 6.07) is 3.19. The van der Waals surface area contributed by atoms with Gasteiger partial charge in [0.1, 0.15) is 11.7 Å². The molecule has 0 radical (unpaired) electrons. The minimum Gasteiger partial charge on any atom is -0.443 e. The number of rotatable bonds is 10. The lowest BCUT2D eigenvalue weighted by Crippen LogP contribution is -2.39. The van der Waals surface area contributed by atoms with Crippen LogP contribution in [0.3, 0.4) is 0 Å². The number of carbonyl (C=O) groups is 1. The molecule has 3 heterocycles. The topological polar surface area (TPSA) is 114 Å². The molecular weight excluding hydrogens is 570 g/mol. The molecule has 0 N–H and O–H groups in total. The number of amides is 1. The van der Waals surface area contributed by atoms with Crippen LogP contribution in [0.25, 0.3) is 11.2 Å². The van der Waals surface area contributed by atoms with Crippen LogP contribution in [0, 0.1) is 11.6 Å². The first kappa shape index (κ1) is 30.5. The molecule has 11 nitrogen and oxygen atoms in total. The molecule has 42 heavy (non-hydrogen) atoms. The standard InChI is InChI=1S/C28H36F2N6O5S/c1-7-10-42-26-31-23(22-24(32-26)36(34-33-22)16-12-21(40-14-16)25(38-5)39-6)35(27(37)41-28(2,3)4)20-13-17(20)15-8-9-18(29)19(30)11-15/h8-9,11,16-17,20-21,25H,7,10,12-14H2,1-6H3/t16-,17+,20-,21-/m1/s1. The zero-order valence-corrected chi connectivity index (χ0v) is 25.4. The second-order valence-electron chi connectivity index (χ2n) is 11.4. The number of anilines is 1. The van der Waals surface area contributed by atoms with Crippen molar-refractivity contribution in [3.8, 4) is 0 Å². The molecule has 1 aromatic carbocycles. The molecule has 2 aliphatic rings. The molecule has 2 aromatic heterocycles. The number of hydrogen-bond donors (Lipinski definition) is 0. The minimum absolute atomic E-state index is 0.203. The molecule has 0 bridgehead atoms. The van der Waals surface area contributed by atoms with E-state index in [2.05, 4.69) is 17.2 Å². The number of aromatic nitrogens is 5. The van der Waals surface area contributed by atoms with Gasteiger partial charge in [0.05, 0.1) is 12.6 Å². The van der Waals surface area contributed by atoms with Crippen LogP contribution < -0.4 is 4.90 Å². The maximum absolute atomic E-state index is 14.1. The molecule has 0 unspecified atom stereocenters. The van der Waals surface area contributed by atoms with Crippen molar-refractivity contribution < 1.29 is 32.5 Å². The third-order valence-corrected chi connectivity index (χ3v) is 8.17. The molecule has 228 valence electrons. The Morgan fingerprint density at radius 2 is 1.95 bits per heavy atom. The van der Waals surface area contributed by atoms with Gasteiger partial charge in [0.25, 0.3) is 0 Å². The Balaban J connectivity index is 1.56. The highest BCUT2D eigenvalue weighted by Gasteiger charge is 2.49. The molecule has 1 amide bonds. The van der Waals surface area contributed by atoms with Crippen molar-refractivity contribution in [3.63, 3.8) is 0 Å². The van der Waals surface area contributed by atoms with Crippen LogP contribution in [-0.2, 0) is 18.9 Å². The fraction of sp³-hybridized carbons (Fsp3) is 0.607. The summed E-state index contributed by atoms with van der Waals surface area (Å²) in [7, 11) is 3.12. The summed E-state index contributed by atoms with van der Waals surface area (Å²) in [5.74, 6) is -1.08. The van der Waals surface area contributed by atoms with Gasteiger partial charge in [-0.3, -0.25) is 4.90 Å². The number of halogens is 2. The summed E-state index contributed by atoms with van der Waals surface area (Å²) in [4.78, 5) is 24.8. The lowest BCUT2D eigenvalue weighted by molar-refractivity contribution is -0.167. The second kappa shape index (κ2) is 12.3. The number of nitrogens with zero attached hydrogens (tertiary/aromatic N) is 6. The Bertz CT molecular complexity index is 1430. The van der Waals surface area contributed by atoms with E-state index in [0.29, 0.717) is 41.3 Å². The normalized spacial score (nSPS) is 22.2. The van der Waals surface area contributed by atoms with Crippen molar-refractivity contribution in [1.82, 2.24) is 25.0 Å². The fourth-order valence-electron chi connectivity index (χ4n) is 5.13. The van der Waals surface area contributed by atoms with Crippen LogP contribution in [0.15, 0.2) is 23.4 Å². The van der Waals surface area contributed by atoms with E-state index >= 15 is 0 Å².